The van der Waals surface area contributed by atoms with E-state index in [0.29, 0.717) is 23.6 Å². The van der Waals surface area contributed by atoms with E-state index in [0.717, 1.165) is 19.6 Å². The molecular weight excluding hydrogens is 419 g/mol. The molecule has 162 valence electrons. The van der Waals surface area contributed by atoms with Gasteiger partial charge < -0.3 is 14.2 Å². The molecule has 0 saturated heterocycles. The Morgan fingerprint density at radius 3 is 2.58 bits per heavy atom. The van der Waals surface area contributed by atoms with Crippen LogP contribution in [0.2, 0.25) is 5.02 Å². The van der Waals surface area contributed by atoms with E-state index >= 15 is 0 Å². The molecule has 1 aliphatic heterocycles. The molecule has 31 heavy (non-hydrogen) atoms. The van der Waals surface area contributed by atoms with Gasteiger partial charge in [0, 0.05) is 17.1 Å². The normalized spacial score (nSPS) is 15.8. The maximum Gasteiger partial charge on any atom is 0.290 e. The smallest absolute Gasteiger partial charge is 0.290 e. The van der Waals surface area contributed by atoms with Crippen LogP contribution in [0.3, 0.4) is 0 Å². The molecule has 1 amide bonds. The van der Waals surface area contributed by atoms with Crippen LogP contribution in [0, 0.1) is 5.82 Å². The Balaban J connectivity index is 1.82. The first-order valence-electron chi connectivity index (χ1n) is 10.5. The van der Waals surface area contributed by atoms with Gasteiger partial charge in [0.15, 0.2) is 5.43 Å². The van der Waals surface area contributed by atoms with Crippen molar-refractivity contribution in [3.8, 4) is 0 Å². The van der Waals surface area contributed by atoms with Gasteiger partial charge in [0.2, 0.25) is 5.76 Å². The summed E-state index contributed by atoms with van der Waals surface area (Å²) in [5, 5.41) is 0.674. The summed E-state index contributed by atoms with van der Waals surface area (Å²) in [5.41, 5.74) is 0.393. The van der Waals surface area contributed by atoms with E-state index in [-0.39, 0.29) is 27.7 Å². The molecule has 0 bridgehead atoms. The fraction of sp³-hybridized carbons (Fsp3) is 0.333. The van der Waals surface area contributed by atoms with Gasteiger partial charge in [-0.2, -0.15) is 0 Å². The summed E-state index contributed by atoms with van der Waals surface area (Å²) in [7, 11) is 0. The maximum absolute atomic E-state index is 14.8. The van der Waals surface area contributed by atoms with Gasteiger partial charge in [0.1, 0.15) is 11.4 Å². The number of nitrogens with zero attached hydrogens (tertiary/aromatic N) is 2. The highest BCUT2D eigenvalue weighted by atomic mass is 35.5. The van der Waals surface area contributed by atoms with E-state index in [1.165, 1.54) is 12.1 Å². The Morgan fingerprint density at radius 1 is 1.13 bits per heavy atom. The third-order valence-electron chi connectivity index (χ3n) is 5.90. The highest BCUT2D eigenvalue weighted by molar-refractivity contribution is 6.31. The van der Waals surface area contributed by atoms with E-state index in [2.05, 4.69) is 18.7 Å². The lowest BCUT2D eigenvalue weighted by atomic mass is 9.98. The highest BCUT2D eigenvalue weighted by Gasteiger charge is 2.43. The monoisotopic (exact) mass is 442 g/mol. The third kappa shape index (κ3) is 3.86. The summed E-state index contributed by atoms with van der Waals surface area (Å²) in [6, 6.07) is 10.1. The maximum atomic E-state index is 14.8. The summed E-state index contributed by atoms with van der Waals surface area (Å²) >= 11 is 6.08. The lowest BCUT2D eigenvalue weighted by molar-refractivity contribution is 0.0718. The summed E-state index contributed by atoms with van der Waals surface area (Å²) in [6.45, 7) is 7.18. The zero-order valence-corrected chi connectivity index (χ0v) is 18.3. The molecule has 3 aromatic rings. The van der Waals surface area contributed by atoms with Crippen LogP contribution in [0.4, 0.5) is 4.39 Å². The van der Waals surface area contributed by atoms with E-state index < -0.39 is 17.8 Å². The minimum Gasteiger partial charge on any atom is -0.450 e. The third-order valence-corrected chi connectivity index (χ3v) is 6.13. The second-order valence-electron chi connectivity index (χ2n) is 7.62. The molecule has 0 unspecified atom stereocenters. The number of rotatable bonds is 7. The second kappa shape index (κ2) is 8.81. The van der Waals surface area contributed by atoms with Crippen LogP contribution in [-0.2, 0) is 0 Å². The molecule has 0 fully saturated rings. The summed E-state index contributed by atoms with van der Waals surface area (Å²) in [5.74, 6) is -0.875. The molecule has 0 radical (unpaired) electrons. The van der Waals surface area contributed by atoms with Crippen LogP contribution < -0.4 is 5.43 Å². The van der Waals surface area contributed by atoms with Crippen LogP contribution >= 0.6 is 11.6 Å². The standard InChI is InChI=1S/C24H24ClFN2O3/c1-3-27(4-2)12-7-13-28-21(16-8-5-6-9-18(16)26)20-22(29)17-14-15(25)10-11-19(17)31-23(20)24(28)30/h5-6,8-11,14,21H,3-4,7,12-13H2,1-2H3/t21-/m1/s1. The number of hydrogen-bond acceptors (Lipinski definition) is 4. The highest BCUT2D eigenvalue weighted by Crippen LogP contribution is 2.39. The van der Waals surface area contributed by atoms with Gasteiger partial charge in [-0.1, -0.05) is 43.6 Å². The lowest BCUT2D eigenvalue weighted by Crippen LogP contribution is -2.33. The zero-order chi connectivity index (χ0) is 22.1. The SMILES string of the molecule is CCN(CC)CCCN1C(=O)c2oc3ccc(Cl)cc3c(=O)c2[C@H]1c1ccccc1F. The van der Waals surface area contributed by atoms with Gasteiger partial charge in [-0.15, -0.1) is 0 Å². The van der Waals surface area contributed by atoms with Crippen molar-refractivity contribution in [3.05, 3.63) is 80.4 Å². The average molecular weight is 443 g/mol. The Morgan fingerprint density at radius 2 is 1.87 bits per heavy atom. The molecule has 0 saturated carbocycles. The molecule has 1 aliphatic rings. The van der Waals surface area contributed by atoms with Crippen LogP contribution in [0.15, 0.2) is 51.7 Å². The van der Waals surface area contributed by atoms with Crippen molar-refractivity contribution >= 4 is 28.5 Å². The van der Waals surface area contributed by atoms with Crippen molar-refractivity contribution in [2.24, 2.45) is 0 Å². The lowest BCUT2D eigenvalue weighted by Gasteiger charge is -2.26. The van der Waals surface area contributed by atoms with Gasteiger partial charge >= 0.3 is 0 Å². The Kier molecular flexibility index (Phi) is 6.12. The first kappa shape index (κ1) is 21.5. The largest absolute Gasteiger partial charge is 0.450 e. The molecule has 2 heterocycles. The number of amides is 1. The fourth-order valence-electron chi connectivity index (χ4n) is 4.25. The van der Waals surface area contributed by atoms with Crippen LogP contribution in [0.5, 0.6) is 0 Å². The van der Waals surface area contributed by atoms with Crippen molar-refractivity contribution in [1.29, 1.82) is 0 Å². The van der Waals surface area contributed by atoms with Crippen molar-refractivity contribution in [2.45, 2.75) is 26.3 Å². The number of fused-ring (bicyclic) bond motifs is 2. The molecule has 0 spiro atoms. The van der Waals surface area contributed by atoms with Crippen molar-refractivity contribution in [3.63, 3.8) is 0 Å². The van der Waals surface area contributed by atoms with Gasteiger partial charge in [0.05, 0.1) is 17.0 Å². The molecule has 1 atom stereocenters. The summed E-state index contributed by atoms with van der Waals surface area (Å²) < 4.78 is 20.7. The van der Waals surface area contributed by atoms with Crippen LogP contribution in [-0.4, -0.2) is 41.9 Å². The van der Waals surface area contributed by atoms with Gasteiger partial charge in [-0.05, 0) is 50.3 Å². The number of benzene rings is 2. The minimum absolute atomic E-state index is 0.0177. The Bertz CT molecular complexity index is 1190. The van der Waals surface area contributed by atoms with E-state index in [4.69, 9.17) is 16.0 Å². The number of carbonyl (C=O) groups is 1. The van der Waals surface area contributed by atoms with E-state index in [1.807, 2.05) is 0 Å². The summed E-state index contributed by atoms with van der Waals surface area (Å²) in [4.78, 5) is 30.5. The Labute approximate surface area is 185 Å². The fourth-order valence-corrected chi connectivity index (χ4v) is 4.42. The van der Waals surface area contributed by atoms with Crippen LogP contribution in [0.1, 0.15) is 48.0 Å². The predicted molar refractivity (Wildman–Crippen MR) is 119 cm³/mol. The number of halogens is 2. The van der Waals surface area contributed by atoms with Crippen molar-refractivity contribution in [1.82, 2.24) is 9.80 Å². The van der Waals surface area contributed by atoms with Gasteiger partial charge in [-0.25, -0.2) is 4.39 Å². The van der Waals surface area contributed by atoms with Crippen molar-refractivity contribution in [2.75, 3.05) is 26.2 Å². The molecule has 7 heteroatoms. The molecule has 5 nitrogen and oxygen atoms in total. The number of hydrogen-bond donors (Lipinski definition) is 0. The second-order valence-corrected chi connectivity index (χ2v) is 8.05. The van der Waals surface area contributed by atoms with Gasteiger partial charge in [-0.3, -0.25) is 9.59 Å². The average Bonchev–Trinajstić information content (AvgIpc) is 3.04. The molecule has 0 N–H and O–H groups in total. The number of carbonyl (C=O) groups excluding carboxylic acids is 1. The Hall–Kier alpha value is -2.70. The van der Waals surface area contributed by atoms with Crippen LogP contribution in [0.25, 0.3) is 11.0 Å². The first-order chi connectivity index (χ1) is 15.0. The van der Waals surface area contributed by atoms with Gasteiger partial charge in [0.25, 0.3) is 5.91 Å². The minimum atomic E-state index is -0.833. The molecule has 1 aromatic heterocycles. The summed E-state index contributed by atoms with van der Waals surface area (Å²) in [6.07, 6.45) is 0.700. The van der Waals surface area contributed by atoms with Crippen molar-refractivity contribution < 1.29 is 13.6 Å². The predicted octanol–water partition coefficient (Wildman–Crippen LogP) is 4.86. The quantitative estimate of drug-likeness (QED) is 0.524. The topological polar surface area (TPSA) is 53.8 Å². The van der Waals surface area contributed by atoms with E-state index in [9.17, 15) is 14.0 Å². The first-order valence-corrected chi connectivity index (χ1v) is 10.9. The van der Waals surface area contributed by atoms with E-state index in [1.54, 1.807) is 35.2 Å². The molecule has 2 aromatic carbocycles. The molecule has 4 rings (SSSR count). The zero-order valence-electron chi connectivity index (χ0n) is 17.5. The molecular formula is C24H24ClFN2O3. The molecule has 0 aliphatic carbocycles.